The number of nitrogens with zero attached hydrogens (tertiary/aromatic N) is 1. The minimum Gasteiger partial charge on any atom is -0.380 e. The number of hydrogen-bond donors (Lipinski definition) is 1. The maximum Gasteiger partial charge on any atom is 0.0593 e. The van der Waals surface area contributed by atoms with Crippen molar-refractivity contribution >= 4 is 12.4 Å². The van der Waals surface area contributed by atoms with E-state index >= 15 is 0 Å². The van der Waals surface area contributed by atoms with Crippen molar-refractivity contribution in [2.75, 3.05) is 46.4 Å². The van der Waals surface area contributed by atoms with E-state index in [2.05, 4.69) is 24.1 Å². The third kappa shape index (κ3) is 6.69. The molecule has 0 aromatic rings. The highest BCUT2D eigenvalue weighted by Gasteiger charge is 2.20. The van der Waals surface area contributed by atoms with Crippen LogP contribution in [0.25, 0.3) is 0 Å². The molecule has 0 saturated carbocycles. The number of halogens is 1. The molecule has 0 amide bonds. The van der Waals surface area contributed by atoms with Crippen LogP contribution in [0.3, 0.4) is 0 Å². The lowest BCUT2D eigenvalue weighted by Gasteiger charge is -2.16. The fourth-order valence-electron chi connectivity index (χ4n) is 2.08. The molecule has 0 spiro atoms. The Labute approximate surface area is 106 Å². The molecular weight excluding hydrogens is 224 g/mol. The second-order valence-corrected chi connectivity index (χ2v) is 4.98. The van der Waals surface area contributed by atoms with Gasteiger partial charge in [-0.1, -0.05) is 13.8 Å². The number of likely N-dealkylation sites (tertiary alicyclic amines) is 1. The zero-order chi connectivity index (χ0) is 11.1. The number of hydrogen-bond acceptors (Lipinski definition) is 3. The minimum absolute atomic E-state index is 0. The van der Waals surface area contributed by atoms with Crippen LogP contribution in [0.5, 0.6) is 0 Å². The fourth-order valence-corrected chi connectivity index (χ4v) is 2.08. The summed E-state index contributed by atoms with van der Waals surface area (Å²) in [4.78, 5) is 2.52. The van der Waals surface area contributed by atoms with E-state index in [4.69, 9.17) is 4.74 Å². The zero-order valence-electron chi connectivity index (χ0n) is 10.9. The quantitative estimate of drug-likeness (QED) is 0.695. The fraction of sp³-hybridized carbons (Fsp3) is 1.00. The molecule has 16 heavy (non-hydrogen) atoms. The van der Waals surface area contributed by atoms with Crippen LogP contribution in [0.2, 0.25) is 0 Å². The number of nitrogens with one attached hydrogen (secondary N) is 1. The summed E-state index contributed by atoms with van der Waals surface area (Å²) >= 11 is 0. The van der Waals surface area contributed by atoms with Gasteiger partial charge in [0.25, 0.3) is 0 Å². The molecule has 0 radical (unpaired) electrons. The maximum absolute atomic E-state index is 5.59. The zero-order valence-corrected chi connectivity index (χ0v) is 11.7. The Morgan fingerprint density at radius 3 is 2.81 bits per heavy atom. The van der Waals surface area contributed by atoms with E-state index < -0.39 is 0 Å². The van der Waals surface area contributed by atoms with Gasteiger partial charge >= 0.3 is 0 Å². The van der Waals surface area contributed by atoms with Gasteiger partial charge in [-0.25, -0.2) is 0 Å². The molecule has 1 fully saturated rings. The molecule has 98 valence electrons. The van der Waals surface area contributed by atoms with Crippen molar-refractivity contribution in [1.29, 1.82) is 0 Å². The van der Waals surface area contributed by atoms with Crippen LogP contribution in [-0.2, 0) is 4.74 Å². The van der Waals surface area contributed by atoms with Gasteiger partial charge in [-0.15, -0.1) is 12.4 Å². The van der Waals surface area contributed by atoms with Crippen molar-refractivity contribution in [2.45, 2.75) is 20.3 Å². The molecule has 3 nitrogen and oxygen atoms in total. The van der Waals surface area contributed by atoms with E-state index in [-0.39, 0.29) is 12.4 Å². The van der Waals surface area contributed by atoms with Crippen molar-refractivity contribution in [3.63, 3.8) is 0 Å². The second-order valence-electron chi connectivity index (χ2n) is 4.98. The first kappa shape index (κ1) is 16.2. The van der Waals surface area contributed by atoms with Crippen molar-refractivity contribution in [1.82, 2.24) is 10.2 Å². The molecule has 1 N–H and O–H groups in total. The average molecular weight is 251 g/mol. The first-order valence-corrected chi connectivity index (χ1v) is 6.17. The average Bonchev–Trinajstić information content (AvgIpc) is 2.61. The minimum atomic E-state index is 0. The second kappa shape index (κ2) is 9.23. The molecule has 1 rings (SSSR count). The molecule has 1 aliphatic heterocycles. The molecule has 0 bridgehead atoms. The van der Waals surface area contributed by atoms with Crippen molar-refractivity contribution in [3.05, 3.63) is 0 Å². The molecule has 1 heterocycles. The Morgan fingerprint density at radius 2 is 2.19 bits per heavy atom. The van der Waals surface area contributed by atoms with Gasteiger partial charge in [-0.05, 0) is 38.4 Å². The summed E-state index contributed by atoms with van der Waals surface area (Å²) in [5, 5.41) is 3.25. The lowest BCUT2D eigenvalue weighted by molar-refractivity contribution is 0.0903. The topological polar surface area (TPSA) is 24.5 Å². The van der Waals surface area contributed by atoms with E-state index in [1.54, 1.807) is 0 Å². The smallest absolute Gasteiger partial charge is 0.0593 e. The lowest BCUT2D eigenvalue weighted by Crippen LogP contribution is -2.27. The Bertz CT molecular complexity index is 167. The van der Waals surface area contributed by atoms with Crippen LogP contribution in [0.1, 0.15) is 20.3 Å². The first-order chi connectivity index (χ1) is 7.22. The maximum atomic E-state index is 5.59. The van der Waals surface area contributed by atoms with Gasteiger partial charge in [-0.2, -0.15) is 0 Å². The molecule has 0 aromatic heterocycles. The highest BCUT2D eigenvalue weighted by atomic mass is 35.5. The molecule has 1 saturated heterocycles. The summed E-state index contributed by atoms with van der Waals surface area (Å²) in [5.41, 5.74) is 0. The Hall–Kier alpha value is 0.170. The van der Waals surface area contributed by atoms with Crippen molar-refractivity contribution in [3.8, 4) is 0 Å². The Kier molecular flexibility index (Phi) is 9.32. The molecule has 1 atom stereocenters. The normalized spacial score (nSPS) is 21.4. The van der Waals surface area contributed by atoms with E-state index in [0.717, 1.165) is 32.2 Å². The summed E-state index contributed by atoms with van der Waals surface area (Å²) in [6, 6.07) is 0. The summed E-state index contributed by atoms with van der Waals surface area (Å²) in [6.45, 7) is 10.9. The van der Waals surface area contributed by atoms with Gasteiger partial charge in [0.05, 0.1) is 6.61 Å². The van der Waals surface area contributed by atoms with Gasteiger partial charge < -0.3 is 15.0 Å². The Morgan fingerprint density at radius 1 is 1.44 bits per heavy atom. The monoisotopic (exact) mass is 250 g/mol. The summed E-state index contributed by atoms with van der Waals surface area (Å²) in [7, 11) is 2.04. The van der Waals surface area contributed by atoms with Crippen LogP contribution in [0.4, 0.5) is 0 Å². The standard InChI is InChI=1S/C12H26N2O.ClH/c1-11(2)10-15-7-6-14-5-4-12(9-14)8-13-3;/h11-13H,4-10H2,1-3H3;1H. The molecule has 1 aliphatic rings. The summed E-state index contributed by atoms with van der Waals surface area (Å²) < 4.78 is 5.59. The molecule has 1 unspecified atom stereocenters. The van der Waals surface area contributed by atoms with Gasteiger partial charge in [0, 0.05) is 19.7 Å². The molecule has 4 heteroatoms. The SMILES string of the molecule is CNCC1CCN(CCOCC(C)C)C1.Cl. The van der Waals surface area contributed by atoms with Crippen molar-refractivity contribution in [2.24, 2.45) is 11.8 Å². The lowest BCUT2D eigenvalue weighted by atomic mass is 10.1. The van der Waals surface area contributed by atoms with E-state index in [1.807, 2.05) is 7.05 Å². The van der Waals surface area contributed by atoms with E-state index in [1.165, 1.54) is 19.5 Å². The highest BCUT2D eigenvalue weighted by Crippen LogP contribution is 2.14. The summed E-state index contributed by atoms with van der Waals surface area (Å²) in [6.07, 6.45) is 1.34. The van der Waals surface area contributed by atoms with Gasteiger partial charge in [0.1, 0.15) is 0 Å². The van der Waals surface area contributed by atoms with E-state index in [9.17, 15) is 0 Å². The predicted molar refractivity (Wildman–Crippen MR) is 71.4 cm³/mol. The van der Waals surface area contributed by atoms with Crippen LogP contribution < -0.4 is 5.32 Å². The van der Waals surface area contributed by atoms with E-state index in [0.29, 0.717) is 5.92 Å². The van der Waals surface area contributed by atoms with Gasteiger partial charge in [0.15, 0.2) is 0 Å². The predicted octanol–water partition coefficient (Wildman–Crippen LogP) is 1.62. The third-order valence-electron chi connectivity index (χ3n) is 2.87. The highest BCUT2D eigenvalue weighted by molar-refractivity contribution is 5.85. The van der Waals surface area contributed by atoms with Crippen LogP contribution in [0.15, 0.2) is 0 Å². The Balaban J connectivity index is 0.00000225. The molecule has 0 aliphatic carbocycles. The van der Waals surface area contributed by atoms with Crippen LogP contribution in [-0.4, -0.2) is 51.3 Å². The van der Waals surface area contributed by atoms with Crippen LogP contribution >= 0.6 is 12.4 Å². The van der Waals surface area contributed by atoms with Gasteiger partial charge in [-0.3, -0.25) is 0 Å². The number of rotatable bonds is 7. The summed E-state index contributed by atoms with van der Waals surface area (Å²) in [5.74, 6) is 1.50. The third-order valence-corrected chi connectivity index (χ3v) is 2.87. The molecule has 0 aromatic carbocycles. The van der Waals surface area contributed by atoms with Crippen LogP contribution in [0, 0.1) is 11.8 Å². The number of ether oxygens (including phenoxy) is 1. The largest absolute Gasteiger partial charge is 0.380 e. The van der Waals surface area contributed by atoms with Gasteiger partial charge in [0.2, 0.25) is 0 Å². The van der Waals surface area contributed by atoms with Crippen molar-refractivity contribution < 1.29 is 4.74 Å². The molecular formula is C12H27ClN2O. The first-order valence-electron chi connectivity index (χ1n) is 6.17.